The van der Waals surface area contributed by atoms with Crippen LogP contribution in [0.1, 0.15) is 35.3 Å². The number of hydrogen-bond donors (Lipinski definition) is 1. The number of hydrogen-bond acceptors (Lipinski definition) is 4. The smallest absolute Gasteiger partial charge is 0.148 e. The van der Waals surface area contributed by atoms with Crippen LogP contribution in [-0.4, -0.2) is 24.0 Å². The number of carbonyl (C=O) groups is 1. The van der Waals surface area contributed by atoms with Crippen LogP contribution >= 0.6 is 11.3 Å². The Hall–Kier alpha value is -0.940. The highest BCUT2D eigenvalue weighted by atomic mass is 32.1. The molecular formula is C11H16N2O2S. The van der Waals surface area contributed by atoms with Crippen LogP contribution in [0.3, 0.4) is 0 Å². The fraction of sp³-hybridized carbons (Fsp3) is 0.636. The van der Waals surface area contributed by atoms with Crippen molar-refractivity contribution in [3.8, 4) is 0 Å². The second-order valence-corrected chi connectivity index (χ2v) is 5.47. The van der Waals surface area contributed by atoms with Crippen molar-refractivity contribution in [1.29, 1.82) is 0 Å². The number of thiazole rings is 1. The molecule has 2 heterocycles. The average molecular weight is 240 g/mol. The van der Waals surface area contributed by atoms with Gasteiger partial charge in [-0.3, -0.25) is 0 Å². The Bertz CT molecular complexity index is 370. The van der Waals surface area contributed by atoms with Gasteiger partial charge in [-0.05, 0) is 18.8 Å². The number of likely N-dealkylation sites (tertiary alicyclic amines) is 1. The fourth-order valence-corrected chi connectivity index (χ4v) is 2.88. The third kappa shape index (κ3) is 2.80. The molecule has 0 saturated carbocycles. The maximum atomic E-state index is 10.6. The molecule has 1 N–H and O–H groups in total. The van der Waals surface area contributed by atoms with Gasteiger partial charge in [0.2, 0.25) is 0 Å². The standard InChI is InChI=1S/C11H16N2O2S/c1-8-2-4-13(5-3-8)6-10-12-9(7-16-10)11(14)15/h7-8H,2-6H2,1H3,(H,14,15). The van der Waals surface area contributed by atoms with Crippen LogP contribution in [-0.2, 0) is 6.54 Å². The molecule has 16 heavy (non-hydrogen) atoms. The van der Waals surface area contributed by atoms with E-state index < -0.39 is 5.97 Å². The summed E-state index contributed by atoms with van der Waals surface area (Å²) in [6.07, 6.45) is 2.52. The largest absolute Gasteiger partial charge is 0.543 e. The zero-order chi connectivity index (χ0) is 11.5. The first-order valence-corrected chi connectivity index (χ1v) is 6.52. The minimum atomic E-state index is -1.18. The Kier molecular flexibility index (Phi) is 3.56. The van der Waals surface area contributed by atoms with E-state index in [0.717, 1.165) is 17.5 Å². The Morgan fingerprint density at radius 3 is 2.88 bits per heavy atom. The van der Waals surface area contributed by atoms with Crippen molar-refractivity contribution in [3.05, 3.63) is 16.1 Å². The van der Waals surface area contributed by atoms with Crippen LogP contribution in [0.5, 0.6) is 0 Å². The predicted octanol–water partition coefficient (Wildman–Crippen LogP) is -0.679. The molecule has 1 aliphatic heterocycles. The molecular weight excluding hydrogens is 224 g/mol. The van der Waals surface area contributed by atoms with Crippen molar-refractivity contribution < 1.29 is 14.8 Å². The second kappa shape index (κ2) is 4.93. The van der Waals surface area contributed by atoms with Gasteiger partial charge in [0.1, 0.15) is 11.6 Å². The number of piperidine rings is 1. The highest BCUT2D eigenvalue weighted by Gasteiger charge is 2.20. The fourth-order valence-electron chi connectivity index (χ4n) is 2.05. The number of carboxylic acid groups (broad SMARTS) is 1. The summed E-state index contributed by atoms with van der Waals surface area (Å²) in [6, 6.07) is 0. The topological polar surface area (TPSA) is 57.5 Å². The quantitative estimate of drug-likeness (QED) is 0.762. The lowest BCUT2D eigenvalue weighted by Gasteiger charge is -2.26. The molecule has 1 saturated heterocycles. The number of nitrogens with zero attached hydrogens (tertiary/aromatic N) is 1. The Morgan fingerprint density at radius 1 is 1.62 bits per heavy atom. The maximum absolute atomic E-state index is 10.6. The number of carbonyl (C=O) groups excluding carboxylic acids is 1. The normalized spacial score (nSPS) is 25.6. The van der Waals surface area contributed by atoms with Crippen LogP contribution in [0.15, 0.2) is 5.38 Å². The number of nitrogens with one attached hydrogen (secondary N) is 1. The van der Waals surface area contributed by atoms with Gasteiger partial charge >= 0.3 is 0 Å². The molecule has 2 rings (SSSR count). The number of rotatable bonds is 3. The van der Waals surface area contributed by atoms with Crippen molar-refractivity contribution in [1.82, 2.24) is 4.98 Å². The Balaban J connectivity index is 1.91. The average Bonchev–Trinajstić information content (AvgIpc) is 2.70. The number of aromatic carboxylic acids is 1. The maximum Gasteiger partial charge on any atom is 0.148 e. The molecule has 0 spiro atoms. The zero-order valence-corrected chi connectivity index (χ0v) is 10.2. The van der Waals surface area contributed by atoms with Gasteiger partial charge < -0.3 is 14.8 Å². The Morgan fingerprint density at radius 2 is 2.31 bits per heavy atom. The SMILES string of the molecule is CC1CC[NH+](Cc2nc(C(=O)[O-])cs2)CC1. The van der Waals surface area contributed by atoms with E-state index in [9.17, 15) is 9.90 Å². The molecule has 1 aromatic rings. The number of carboxylic acids is 1. The van der Waals surface area contributed by atoms with Gasteiger partial charge in [0.15, 0.2) is 0 Å². The summed E-state index contributed by atoms with van der Waals surface area (Å²) in [5.41, 5.74) is 0.0739. The molecule has 1 fully saturated rings. The lowest BCUT2D eigenvalue weighted by atomic mass is 9.99. The molecule has 4 nitrogen and oxygen atoms in total. The van der Waals surface area contributed by atoms with E-state index in [1.165, 1.54) is 42.2 Å². The number of quaternary nitrogens is 1. The van der Waals surface area contributed by atoms with Gasteiger partial charge in [-0.2, -0.15) is 0 Å². The van der Waals surface area contributed by atoms with Crippen molar-refractivity contribution >= 4 is 17.3 Å². The molecule has 1 aromatic heterocycles. The van der Waals surface area contributed by atoms with Crippen LogP contribution < -0.4 is 10.0 Å². The molecule has 0 atom stereocenters. The van der Waals surface area contributed by atoms with E-state index in [1.807, 2.05) is 0 Å². The summed E-state index contributed by atoms with van der Waals surface area (Å²) < 4.78 is 0. The minimum Gasteiger partial charge on any atom is -0.543 e. The highest BCUT2D eigenvalue weighted by Crippen LogP contribution is 2.10. The van der Waals surface area contributed by atoms with Gasteiger partial charge in [-0.1, -0.05) is 6.92 Å². The first-order chi connectivity index (χ1) is 7.65. The van der Waals surface area contributed by atoms with E-state index in [1.54, 1.807) is 5.38 Å². The first-order valence-electron chi connectivity index (χ1n) is 5.64. The Labute approximate surface area is 98.9 Å². The van der Waals surface area contributed by atoms with Gasteiger partial charge in [-0.25, -0.2) is 4.98 Å². The second-order valence-electron chi connectivity index (χ2n) is 4.52. The summed E-state index contributed by atoms with van der Waals surface area (Å²) >= 11 is 1.42. The molecule has 0 radical (unpaired) electrons. The molecule has 0 bridgehead atoms. The van der Waals surface area contributed by atoms with Crippen LogP contribution in [0.25, 0.3) is 0 Å². The monoisotopic (exact) mass is 240 g/mol. The van der Waals surface area contributed by atoms with Crippen molar-refractivity contribution in [2.45, 2.75) is 26.3 Å². The van der Waals surface area contributed by atoms with Gasteiger partial charge in [-0.15, -0.1) is 11.3 Å². The highest BCUT2D eigenvalue weighted by molar-refractivity contribution is 7.09. The van der Waals surface area contributed by atoms with Crippen molar-refractivity contribution in [2.24, 2.45) is 5.92 Å². The lowest BCUT2D eigenvalue weighted by molar-refractivity contribution is -0.919. The van der Waals surface area contributed by atoms with Crippen LogP contribution in [0.2, 0.25) is 0 Å². The van der Waals surface area contributed by atoms with Gasteiger partial charge in [0, 0.05) is 5.38 Å². The van der Waals surface area contributed by atoms with Gasteiger partial charge in [0.05, 0.1) is 24.8 Å². The van der Waals surface area contributed by atoms with E-state index in [4.69, 9.17) is 0 Å². The van der Waals surface area contributed by atoms with Crippen molar-refractivity contribution in [3.63, 3.8) is 0 Å². The van der Waals surface area contributed by atoms with Crippen molar-refractivity contribution in [2.75, 3.05) is 13.1 Å². The summed E-state index contributed by atoms with van der Waals surface area (Å²) in [6.45, 7) is 5.47. The van der Waals surface area contributed by atoms with E-state index >= 15 is 0 Å². The third-order valence-electron chi connectivity index (χ3n) is 3.14. The number of aromatic nitrogens is 1. The molecule has 1 aliphatic rings. The molecule has 5 heteroatoms. The molecule has 0 aromatic carbocycles. The summed E-state index contributed by atoms with van der Waals surface area (Å²) in [5, 5.41) is 13.0. The molecule has 0 aliphatic carbocycles. The first kappa shape index (κ1) is 11.5. The van der Waals surface area contributed by atoms with E-state index in [0.29, 0.717) is 0 Å². The van der Waals surface area contributed by atoms with E-state index in [2.05, 4.69) is 11.9 Å². The lowest BCUT2D eigenvalue weighted by Crippen LogP contribution is -3.11. The zero-order valence-electron chi connectivity index (χ0n) is 9.36. The van der Waals surface area contributed by atoms with Crippen LogP contribution in [0, 0.1) is 5.92 Å². The third-order valence-corrected chi connectivity index (χ3v) is 3.99. The summed E-state index contributed by atoms with van der Waals surface area (Å²) in [5.74, 6) is -0.344. The molecule has 88 valence electrons. The van der Waals surface area contributed by atoms with Gasteiger partial charge in [0.25, 0.3) is 0 Å². The van der Waals surface area contributed by atoms with Crippen LogP contribution in [0.4, 0.5) is 0 Å². The predicted molar refractivity (Wildman–Crippen MR) is 59.2 cm³/mol. The minimum absolute atomic E-state index is 0.0739. The summed E-state index contributed by atoms with van der Waals surface area (Å²) in [4.78, 5) is 16.1. The summed E-state index contributed by atoms with van der Waals surface area (Å²) in [7, 11) is 0. The van der Waals surface area contributed by atoms with E-state index in [-0.39, 0.29) is 5.69 Å². The molecule has 0 unspecified atom stereocenters. The molecule has 0 amide bonds.